The van der Waals surface area contributed by atoms with Crippen LogP contribution in [0, 0.1) is 6.92 Å². The zero-order valence-corrected chi connectivity index (χ0v) is 11.5. The number of aryl methyl sites for hydroxylation is 2. The maximum Gasteiger partial charge on any atom is 0.335 e. The van der Waals surface area contributed by atoms with Crippen LogP contribution >= 0.6 is 0 Å². The van der Waals surface area contributed by atoms with Gasteiger partial charge in [-0.15, -0.1) is 0 Å². The molecule has 2 rings (SSSR count). The lowest BCUT2D eigenvalue weighted by atomic mass is 10.1. The van der Waals surface area contributed by atoms with E-state index in [4.69, 9.17) is 10.2 Å². The van der Waals surface area contributed by atoms with Crippen molar-refractivity contribution < 1.29 is 20.1 Å². The van der Waals surface area contributed by atoms with Gasteiger partial charge in [-0.2, -0.15) is 0 Å². The highest BCUT2D eigenvalue weighted by Crippen LogP contribution is 2.24. The third kappa shape index (κ3) is 4.31. The summed E-state index contributed by atoms with van der Waals surface area (Å²) in [7, 11) is 0. The van der Waals surface area contributed by atoms with Gasteiger partial charge < -0.3 is 15.3 Å². The van der Waals surface area contributed by atoms with Gasteiger partial charge in [0, 0.05) is 0 Å². The molecule has 0 radical (unpaired) electrons. The maximum absolute atomic E-state index is 11.0. The van der Waals surface area contributed by atoms with Gasteiger partial charge in [0.1, 0.15) is 5.75 Å². The van der Waals surface area contributed by atoms with Crippen LogP contribution in [0.4, 0.5) is 0 Å². The molecule has 0 saturated carbocycles. The summed E-state index contributed by atoms with van der Waals surface area (Å²) in [6.07, 6.45) is 1.14. The van der Waals surface area contributed by atoms with E-state index in [-0.39, 0.29) is 16.9 Å². The van der Waals surface area contributed by atoms with Crippen LogP contribution in [0.3, 0.4) is 0 Å². The SMILES string of the molecule is CCc1ccccc1.Cc1cc(O)cc([O-])c1C(=O)O. The van der Waals surface area contributed by atoms with Crippen LogP contribution in [-0.4, -0.2) is 16.2 Å². The van der Waals surface area contributed by atoms with E-state index in [9.17, 15) is 9.90 Å². The molecule has 0 aromatic heterocycles. The predicted molar refractivity (Wildman–Crippen MR) is 75.1 cm³/mol. The number of benzene rings is 2. The number of phenolic OH excluding ortho intramolecular Hbond substituents is 1. The minimum Gasteiger partial charge on any atom is -0.872 e. The average molecular weight is 273 g/mol. The van der Waals surface area contributed by atoms with Crippen molar-refractivity contribution in [2.24, 2.45) is 0 Å². The second-order valence-electron chi connectivity index (χ2n) is 4.28. The number of carbonyl (C=O) groups is 1. The summed E-state index contributed by atoms with van der Waals surface area (Å²) < 4.78 is 0. The molecule has 2 aromatic carbocycles. The summed E-state index contributed by atoms with van der Waals surface area (Å²) in [5, 5.41) is 28.4. The van der Waals surface area contributed by atoms with E-state index in [2.05, 4.69) is 31.2 Å². The van der Waals surface area contributed by atoms with Crippen LogP contribution in [0.5, 0.6) is 11.5 Å². The Morgan fingerprint density at radius 1 is 1.20 bits per heavy atom. The molecule has 0 aliphatic carbocycles. The van der Waals surface area contributed by atoms with Gasteiger partial charge in [-0.05, 0) is 36.6 Å². The lowest BCUT2D eigenvalue weighted by molar-refractivity contribution is -0.269. The summed E-state index contributed by atoms with van der Waals surface area (Å²) in [5.41, 5.74) is 1.40. The van der Waals surface area contributed by atoms with E-state index in [1.54, 1.807) is 0 Å². The first-order valence-corrected chi connectivity index (χ1v) is 6.23. The largest absolute Gasteiger partial charge is 0.872 e. The van der Waals surface area contributed by atoms with Crippen molar-refractivity contribution in [2.45, 2.75) is 20.3 Å². The second-order valence-corrected chi connectivity index (χ2v) is 4.28. The molecule has 2 N–H and O–H groups in total. The van der Waals surface area contributed by atoms with Crippen molar-refractivity contribution in [3.05, 3.63) is 59.2 Å². The second kappa shape index (κ2) is 7.19. The molecule has 0 bridgehead atoms. The van der Waals surface area contributed by atoms with Gasteiger partial charge in [-0.3, -0.25) is 0 Å². The average Bonchev–Trinajstić information content (AvgIpc) is 2.38. The Morgan fingerprint density at radius 3 is 2.20 bits per heavy atom. The Hall–Kier alpha value is -2.49. The molecule has 0 fully saturated rings. The van der Waals surface area contributed by atoms with Crippen molar-refractivity contribution in [2.75, 3.05) is 0 Å². The summed E-state index contributed by atoms with van der Waals surface area (Å²) in [6, 6.07) is 12.6. The van der Waals surface area contributed by atoms with Gasteiger partial charge in [0.2, 0.25) is 0 Å². The fourth-order valence-electron chi connectivity index (χ4n) is 1.72. The molecule has 106 valence electrons. The lowest BCUT2D eigenvalue weighted by Gasteiger charge is -2.12. The predicted octanol–water partition coefficient (Wildman–Crippen LogP) is 2.72. The zero-order chi connectivity index (χ0) is 15.1. The number of hydrogen-bond donors (Lipinski definition) is 2. The van der Waals surface area contributed by atoms with Crippen LogP contribution in [0.25, 0.3) is 0 Å². The quantitative estimate of drug-likeness (QED) is 0.881. The fourth-order valence-corrected chi connectivity index (χ4v) is 1.72. The van der Waals surface area contributed by atoms with Crippen molar-refractivity contribution >= 4 is 5.97 Å². The number of hydrogen-bond acceptors (Lipinski definition) is 3. The molecule has 20 heavy (non-hydrogen) atoms. The Labute approximate surface area is 117 Å². The molecule has 2 aromatic rings. The first kappa shape index (κ1) is 15.6. The summed E-state index contributed by atoms with van der Waals surface area (Å²) in [6.45, 7) is 3.62. The first-order valence-electron chi connectivity index (χ1n) is 6.23. The first-order chi connectivity index (χ1) is 9.45. The van der Waals surface area contributed by atoms with Gasteiger partial charge in [-0.1, -0.05) is 43.0 Å². The van der Waals surface area contributed by atoms with Crippen molar-refractivity contribution in [1.82, 2.24) is 0 Å². The van der Waals surface area contributed by atoms with Gasteiger partial charge >= 0.3 is 5.97 Å². The number of carboxylic acid groups (broad SMARTS) is 1. The van der Waals surface area contributed by atoms with Crippen molar-refractivity contribution in [3.63, 3.8) is 0 Å². The summed E-state index contributed by atoms with van der Waals surface area (Å²) in [5.74, 6) is -2.14. The molecule has 4 heteroatoms. The molecule has 0 saturated heterocycles. The monoisotopic (exact) mass is 273 g/mol. The molecule has 0 heterocycles. The Balaban J connectivity index is 0.000000217. The third-order valence-corrected chi connectivity index (χ3v) is 2.75. The van der Waals surface area contributed by atoms with Gasteiger partial charge in [-0.25, -0.2) is 4.79 Å². The smallest absolute Gasteiger partial charge is 0.335 e. The van der Waals surface area contributed by atoms with E-state index in [0.29, 0.717) is 0 Å². The maximum atomic E-state index is 11.0. The van der Waals surface area contributed by atoms with Crippen LogP contribution < -0.4 is 5.11 Å². The molecule has 0 unspecified atom stereocenters. The molecule has 0 atom stereocenters. The van der Waals surface area contributed by atoms with Gasteiger partial charge in [0.05, 0.1) is 5.56 Å². The summed E-state index contributed by atoms with van der Waals surface area (Å²) >= 11 is 0. The zero-order valence-electron chi connectivity index (χ0n) is 11.5. The number of phenols is 1. The van der Waals surface area contributed by atoms with Crippen LogP contribution in [0.15, 0.2) is 42.5 Å². The molecule has 0 aliphatic rings. The highest BCUT2D eigenvalue weighted by molar-refractivity contribution is 5.92. The highest BCUT2D eigenvalue weighted by Gasteiger charge is 2.08. The summed E-state index contributed by atoms with van der Waals surface area (Å²) in [4.78, 5) is 10.5. The Bertz CT molecular complexity index is 553. The highest BCUT2D eigenvalue weighted by atomic mass is 16.4. The Morgan fingerprint density at radius 2 is 1.80 bits per heavy atom. The molecular weight excluding hydrogens is 256 g/mol. The van der Waals surface area contributed by atoms with E-state index in [1.807, 2.05) is 6.07 Å². The normalized spacial score (nSPS) is 9.50. The van der Waals surface area contributed by atoms with Crippen LogP contribution in [0.1, 0.15) is 28.4 Å². The van der Waals surface area contributed by atoms with Crippen LogP contribution in [0.2, 0.25) is 0 Å². The van der Waals surface area contributed by atoms with E-state index < -0.39 is 11.7 Å². The third-order valence-electron chi connectivity index (χ3n) is 2.75. The fraction of sp³-hybridized carbons (Fsp3) is 0.188. The number of aromatic hydroxyl groups is 1. The van der Waals surface area contributed by atoms with Crippen molar-refractivity contribution in [3.8, 4) is 11.5 Å². The van der Waals surface area contributed by atoms with Gasteiger partial charge in [0.15, 0.2) is 0 Å². The topological polar surface area (TPSA) is 80.6 Å². The molecule has 0 amide bonds. The van der Waals surface area contributed by atoms with Crippen LogP contribution in [-0.2, 0) is 6.42 Å². The van der Waals surface area contributed by atoms with Crippen molar-refractivity contribution in [1.29, 1.82) is 0 Å². The molecule has 0 aliphatic heterocycles. The number of aromatic carboxylic acids is 1. The molecule has 0 spiro atoms. The van der Waals surface area contributed by atoms with E-state index in [1.165, 1.54) is 18.6 Å². The van der Waals surface area contributed by atoms with E-state index >= 15 is 0 Å². The van der Waals surface area contributed by atoms with E-state index in [0.717, 1.165) is 12.5 Å². The minimum absolute atomic E-state index is 0.206. The number of carboxylic acids is 1. The number of rotatable bonds is 2. The molecule has 4 nitrogen and oxygen atoms in total. The molecular formula is C16H17O4-. The Kier molecular flexibility index (Phi) is 5.59. The van der Waals surface area contributed by atoms with Gasteiger partial charge in [0.25, 0.3) is 0 Å². The lowest BCUT2D eigenvalue weighted by Crippen LogP contribution is -2.05. The minimum atomic E-state index is -1.27. The standard InChI is InChI=1S/C8H8O4.C8H10/c1-4-2-5(9)3-6(10)7(4)8(11)12;1-2-8-6-4-3-5-7-8/h2-3,9-10H,1H3,(H,11,12);3-7H,2H2,1H3/p-1.